The van der Waals surface area contributed by atoms with Crippen molar-refractivity contribution in [3.05, 3.63) is 46.7 Å². The lowest BCUT2D eigenvalue weighted by molar-refractivity contribution is -0.117. The fraction of sp³-hybridized carbons (Fsp3) is 0.450. The Labute approximate surface area is 171 Å². The van der Waals surface area contributed by atoms with Crippen LogP contribution in [0, 0.1) is 0 Å². The zero-order valence-electron chi connectivity index (χ0n) is 16.3. The smallest absolute Gasteiger partial charge is 0.243 e. The van der Waals surface area contributed by atoms with E-state index >= 15 is 0 Å². The Morgan fingerprint density at radius 2 is 2.04 bits per heavy atom. The maximum absolute atomic E-state index is 12.7. The average Bonchev–Trinajstić information content (AvgIpc) is 3.34. The van der Waals surface area contributed by atoms with Gasteiger partial charge in [0, 0.05) is 29.7 Å². The molecule has 6 nitrogen and oxygen atoms in total. The zero-order chi connectivity index (χ0) is 20.1. The minimum Gasteiger partial charge on any atom is -0.325 e. The summed E-state index contributed by atoms with van der Waals surface area (Å²) in [6, 6.07) is 10.9. The van der Waals surface area contributed by atoms with Crippen LogP contribution >= 0.6 is 11.3 Å². The number of benzene rings is 1. The van der Waals surface area contributed by atoms with E-state index in [-0.39, 0.29) is 10.8 Å². The number of nitrogens with zero attached hydrogens (tertiary/aromatic N) is 2. The molecule has 0 bridgehead atoms. The number of rotatable bonds is 8. The van der Waals surface area contributed by atoms with E-state index in [2.05, 4.69) is 21.7 Å². The van der Waals surface area contributed by atoms with E-state index in [4.69, 9.17) is 0 Å². The van der Waals surface area contributed by atoms with E-state index in [1.165, 1.54) is 15.2 Å². The molecule has 1 aromatic carbocycles. The van der Waals surface area contributed by atoms with E-state index in [0.717, 1.165) is 19.4 Å². The molecule has 0 saturated carbocycles. The maximum Gasteiger partial charge on any atom is 0.243 e. The molecule has 1 N–H and O–H groups in total. The first-order valence-corrected chi connectivity index (χ1v) is 11.9. The van der Waals surface area contributed by atoms with Crippen molar-refractivity contribution < 1.29 is 13.2 Å². The Bertz CT molecular complexity index is 893. The molecule has 2 heterocycles. The largest absolute Gasteiger partial charge is 0.325 e. The highest BCUT2D eigenvalue weighted by atomic mass is 32.2. The van der Waals surface area contributed by atoms with Gasteiger partial charge < -0.3 is 5.32 Å². The first-order chi connectivity index (χ1) is 13.5. The van der Waals surface area contributed by atoms with Crippen LogP contribution in [0.3, 0.4) is 0 Å². The lowest BCUT2D eigenvalue weighted by Crippen LogP contribution is -2.33. The van der Waals surface area contributed by atoms with E-state index in [1.807, 2.05) is 19.9 Å². The van der Waals surface area contributed by atoms with Crippen LogP contribution in [0.4, 0.5) is 5.69 Å². The second kappa shape index (κ2) is 9.17. The Morgan fingerprint density at radius 1 is 1.25 bits per heavy atom. The fourth-order valence-electron chi connectivity index (χ4n) is 3.65. The molecule has 1 fully saturated rings. The third-order valence-electron chi connectivity index (χ3n) is 5.04. The molecule has 1 aromatic heterocycles. The lowest BCUT2D eigenvalue weighted by atomic mass is 10.2. The van der Waals surface area contributed by atoms with Crippen LogP contribution < -0.4 is 5.32 Å². The molecular formula is C20H27N3O3S2. The number of amides is 1. The van der Waals surface area contributed by atoms with Gasteiger partial charge in [0.05, 0.1) is 11.4 Å². The van der Waals surface area contributed by atoms with Crippen molar-refractivity contribution in [2.75, 3.05) is 31.5 Å². The molecule has 1 saturated heterocycles. The van der Waals surface area contributed by atoms with Gasteiger partial charge in [-0.2, -0.15) is 4.31 Å². The molecular weight excluding hydrogens is 394 g/mol. The number of carbonyl (C=O) groups excluding carboxylic acids is 1. The summed E-state index contributed by atoms with van der Waals surface area (Å²) in [5, 5.41) is 4.93. The predicted molar refractivity (Wildman–Crippen MR) is 113 cm³/mol. The molecule has 3 rings (SSSR count). The molecule has 0 radical (unpaired) electrons. The van der Waals surface area contributed by atoms with Crippen LogP contribution in [0.15, 0.2) is 46.7 Å². The second-order valence-corrected chi connectivity index (χ2v) is 9.73. The highest BCUT2D eigenvalue weighted by molar-refractivity contribution is 7.89. The monoisotopic (exact) mass is 421 g/mol. The second-order valence-electron chi connectivity index (χ2n) is 6.81. The number of anilines is 1. The van der Waals surface area contributed by atoms with Crippen molar-refractivity contribution >= 4 is 33.0 Å². The summed E-state index contributed by atoms with van der Waals surface area (Å²) in [4.78, 5) is 16.3. The van der Waals surface area contributed by atoms with Crippen LogP contribution in [0.1, 0.15) is 37.6 Å². The van der Waals surface area contributed by atoms with Gasteiger partial charge >= 0.3 is 0 Å². The predicted octanol–water partition coefficient (Wildman–Crippen LogP) is 3.55. The van der Waals surface area contributed by atoms with E-state index in [9.17, 15) is 13.2 Å². The summed E-state index contributed by atoms with van der Waals surface area (Å²) in [5.74, 6) is -0.124. The number of hydrogen-bond acceptors (Lipinski definition) is 5. The summed E-state index contributed by atoms with van der Waals surface area (Å²) in [6.07, 6.45) is 2.14. The first-order valence-electron chi connectivity index (χ1n) is 9.63. The van der Waals surface area contributed by atoms with Gasteiger partial charge in [0.2, 0.25) is 15.9 Å². The number of likely N-dealkylation sites (tertiary alicyclic amines) is 1. The van der Waals surface area contributed by atoms with Crippen molar-refractivity contribution in [3.8, 4) is 0 Å². The molecule has 0 aliphatic carbocycles. The Kier molecular flexibility index (Phi) is 6.87. The van der Waals surface area contributed by atoms with Gasteiger partial charge in [-0.3, -0.25) is 9.69 Å². The molecule has 1 aliphatic heterocycles. The van der Waals surface area contributed by atoms with Crippen LogP contribution in [-0.2, 0) is 14.8 Å². The molecule has 0 spiro atoms. The van der Waals surface area contributed by atoms with E-state index in [0.29, 0.717) is 31.4 Å². The van der Waals surface area contributed by atoms with Crippen LogP contribution in [-0.4, -0.2) is 49.7 Å². The molecule has 2 aromatic rings. The summed E-state index contributed by atoms with van der Waals surface area (Å²) >= 11 is 1.72. The third kappa shape index (κ3) is 4.63. The van der Waals surface area contributed by atoms with E-state index < -0.39 is 10.0 Å². The Morgan fingerprint density at radius 3 is 2.71 bits per heavy atom. The average molecular weight is 422 g/mol. The Balaban J connectivity index is 1.68. The molecule has 0 unspecified atom stereocenters. The molecule has 1 amide bonds. The fourth-order valence-corrected chi connectivity index (χ4v) is 6.05. The zero-order valence-corrected chi connectivity index (χ0v) is 17.9. The summed E-state index contributed by atoms with van der Waals surface area (Å²) in [6.45, 7) is 5.64. The minimum absolute atomic E-state index is 0.124. The molecule has 1 atom stereocenters. The highest BCUT2D eigenvalue weighted by Gasteiger charge is 2.28. The number of carbonyl (C=O) groups is 1. The molecule has 28 heavy (non-hydrogen) atoms. The number of hydrogen-bond donors (Lipinski definition) is 1. The lowest BCUT2D eigenvalue weighted by Gasteiger charge is -2.23. The van der Waals surface area contributed by atoms with Crippen LogP contribution in [0.2, 0.25) is 0 Å². The summed E-state index contributed by atoms with van der Waals surface area (Å²) in [7, 11) is -3.55. The van der Waals surface area contributed by atoms with Crippen molar-refractivity contribution in [2.24, 2.45) is 0 Å². The maximum atomic E-state index is 12.7. The third-order valence-corrected chi connectivity index (χ3v) is 8.06. The number of sulfonamides is 1. The molecule has 8 heteroatoms. The standard InChI is InChI=1S/C20H27N3O3S2/c1-3-23(4-2)28(25,26)17-9-5-8-16(14-17)21-20(24)15-22-12-6-10-18(22)19-11-7-13-27-19/h5,7-9,11,13-14,18H,3-4,6,10,12,15H2,1-2H3,(H,21,24)/t18-/m1/s1. The Hall–Kier alpha value is -1.74. The SMILES string of the molecule is CCN(CC)S(=O)(=O)c1cccc(NC(=O)CN2CCC[C@@H]2c2cccs2)c1. The molecule has 1 aliphatic rings. The van der Waals surface area contributed by atoms with Gasteiger partial charge in [-0.25, -0.2) is 8.42 Å². The summed E-state index contributed by atoms with van der Waals surface area (Å²) in [5.41, 5.74) is 0.505. The van der Waals surface area contributed by atoms with Crippen molar-refractivity contribution in [3.63, 3.8) is 0 Å². The van der Waals surface area contributed by atoms with Crippen LogP contribution in [0.25, 0.3) is 0 Å². The van der Waals surface area contributed by atoms with Gasteiger partial charge in [-0.1, -0.05) is 26.0 Å². The topological polar surface area (TPSA) is 69.7 Å². The number of nitrogens with one attached hydrogen (secondary N) is 1. The minimum atomic E-state index is -3.55. The van der Waals surface area contributed by atoms with Crippen LogP contribution in [0.5, 0.6) is 0 Å². The normalized spacial score (nSPS) is 17.9. The highest BCUT2D eigenvalue weighted by Crippen LogP contribution is 2.34. The van der Waals surface area contributed by atoms with Gasteiger partial charge in [0.1, 0.15) is 0 Å². The van der Waals surface area contributed by atoms with Crippen molar-refractivity contribution in [1.82, 2.24) is 9.21 Å². The summed E-state index contributed by atoms with van der Waals surface area (Å²) < 4.78 is 26.8. The van der Waals surface area contributed by atoms with Gasteiger partial charge in [0.15, 0.2) is 0 Å². The van der Waals surface area contributed by atoms with E-state index in [1.54, 1.807) is 29.5 Å². The van der Waals surface area contributed by atoms with Gasteiger partial charge in [0.25, 0.3) is 0 Å². The van der Waals surface area contributed by atoms with Gasteiger partial charge in [-0.15, -0.1) is 11.3 Å². The molecule has 152 valence electrons. The van der Waals surface area contributed by atoms with Gasteiger partial charge in [-0.05, 0) is 49.0 Å². The van der Waals surface area contributed by atoms with Crippen molar-refractivity contribution in [1.29, 1.82) is 0 Å². The first kappa shape index (κ1) is 21.0. The quantitative estimate of drug-likeness (QED) is 0.708. The van der Waals surface area contributed by atoms with Crippen molar-refractivity contribution in [2.45, 2.75) is 37.6 Å². The number of thiophene rings is 1.